The van der Waals surface area contributed by atoms with Crippen LogP contribution in [-0.4, -0.2) is 16.7 Å². The van der Waals surface area contributed by atoms with Gasteiger partial charge in [-0.05, 0) is 30.5 Å². The second kappa shape index (κ2) is 6.94. The Bertz CT molecular complexity index is 821. The minimum Gasteiger partial charge on any atom is -0.490 e. The fourth-order valence-electron chi connectivity index (χ4n) is 1.92. The van der Waals surface area contributed by atoms with E-state index in [0.29, 0.717) is 35.4 Å². The van der Waals surface area contributed by atoms with Crippen LogP contribution in [0.4, 0.5) is 0 Å². The van der Waals surface area contributed by atoms with Gasteiger partial charge in [0.1, 0.15) is 0 Å². The first kappa shape index (κ1) is 15.1. The van der Waals surface area contributed by atoms with Gasteiger partial charge in [-0.3, -0.25) is 0 Å². The van der Waals surface area contributed by atoms with Crippen molar-refractivity contribution in [1.29, 1.82) is 5.26 Å². The lowest BCUT2D eigenvalue weighted by Crippen LogP contribution is -2.00. The molecule has 2 aromatic heterocycles. The van der Waals surface area contributed by atoms with E-state index in [0.717, 1.165) is 4.88 Å². The topological polar surface area (TPSA) is 81.2 Å². The number of rotatable bonds is 6. The first-order valence-corrected chi connectivity index (χ1v) is 7.84. The van der Waals surface area contributed by atoms with E-state index in [4.69, 9.17) is 19.3 Å². The van der Waals surface area contributed by atoms with Crippen LogP contribution in [0.2, 0.25) is 0 Å². The first-order valence-electron chi connectivity index (χ1n) is 6.96. The number of benzene rings is 1. The van der Waals surface area contributed by atoms with E-state index in [1.54, 1.807) is 29.5 Å². The molecule has 23 heavy (non-hydrogen) atoms. The molecule has 0 N–H and O–H groups in total. The summed E-state index contributed by atoms with van der Waals surface area (Å²) in [6.07, 6.45) is 0. The van der Waals surface area contributed by atoms with Crippen LogP contribution >= 0.6 is 11.3 Å². The number of hydrogen-bond acceptors (Lipinski definition) is 7. The van der Waals surface area contributed by atoms with Gasteiger partial charge in [0.2, 0.25) is 5.82 Å². The lowest BCUT2D eigenvalue weighted by Gasteiger charge is -2.10. The largest absolute Gasteiger partial charge is 0.490 e. The van der Waals surface area contributed by atoms with Crippen molar-refractivity contribution in [3.8, 4) is 28.3 Å². The highest BCUT2D eigenvalue weighted by atomic mass is 32.1. The number of ether oxygens (including phenoxy) is 2. The summed E-state index contributed by atoms with van der Waals surface area (Å²) in [7, 11) is 0. The molecule has 3 rings (SSSR count). The summed E-state index contributed by atoms with van der Waals surface area (Å²) in [6.45, 7) is 2.48. The minimum absolute atomic E-state index is 0.129. The van der Waals surface area contributed by atoms with Crippen LogP contribution in [0.5, 0.6) is 11.5 Å². The number of thiophene rings is 1. The third-order valence-electron chi connectivity index (χ3n) is 2.93. The zero-order valence-corrected chi connectivity index (χ0v) is 13.2. The first-order chi connectivity index (χ1) is 11.3. The van der Waals surface area contributed by atoms with E-state index in [2.05, 4.69) is 16.2 Å². The van der Waals surface area contributed by atoms with Crippen molar-refractivity contribution in [3.63, 3.8) is 0 Å². The molecule has 0 fully saturated rings. The molecule has 0 radical (unpaired) electrons. The number of nitriles is 1. The van der Waals surface area contributed by atoms with Crippen molar-refractivity contribution >= 4 is 11.3 Å². The van der Waals surface area contributed by atoms with Crippen LogP contribution in [0, 0.1) is 11.3 Å². The second-order valence-corrected chi connectivity index (χ2v) is 5.43. The van der Waals surface area contributed by atoms with Crippen molar-refractivity contribution in [3.05, 3.63) is 47.2 Å². The Labute approximate surface area is 136 Å². The van der Waals surface area contributed by atoms with E-state index in [1.165, 1.54) is 0 Å². The monoisotopic (exact) mass is 327 g/mol. The quantitative estimate of drug-likeness (QED) is 0.687. The summed E-state index contributed by atoms with van der Waals surface area (Å²) in [4.78, 5) is 5.23. The Kier molecular flexibility index (Phi) is 4.54. The Hall–Kier alpha value is -2.85. The highest BCUT2D eigenvalue weighted by Gasteiger charge is 2.12. The molecular formula is C16H13N3O3S. The van der Waals surface area contributed by atoms with E-state index in [1.807, 2.05) is 24.4 Å². The van der Waals surface area contributed by atoms with Gasteiger partial charge < -0.3 is 14.0 Å². The number of aromatic nitrogens is 2. The molecule has 0 aliphatic carbocycles. The molecule has 0 amide bonds. The summed E-state index contributed by atoms with van der Waals surface area (Å²) < 4.78 is 16.4. The zero-order valence-electron chi connectivity index (χ0n) is 12.4. The molecule has 0 saturated carbocycles. The van der Waals surface area contributed by atoms with E-state index < -0.39 is 0 Å². The van der Waals surface area contributed by atoms with Gasteiger partial charge in [-0.1, -0.05) is 11.2 Å². The Morgan fingerprint density at radius 2 is 2.17 bits per heavy atom. The van der Waals surface area contributed by atoms with Crippen molar-refractivity contribution < 1.29 is 14.0 Å². The lowest BCUT2D eigenvalue weighted by molar-refractivity contribution is 0.228. The molecule has 0 aliphatic rings. The lowest BCUT2D eigenvalue weighted by atomic mass is 10.2. The van der Waals surface area contributed by atoms with Gasteiger partial charge in [0, 0.05) is 6.07 Å². The highest BCUT2D eigenvalue weighted by Crippen LogP contribution is 2.29. The molecule has 0 aliphatic heterocycles. The van der Waals surface area contributed by atoms with Crippen molar-refractivity contribution in [1.82, 2.24) is 10.1 Å². The molecule has 0 spiro atoms. The standard InChI is InChI=1S/C16H13N3O3S/c1-2-20-13-8-11(9-17)5-6-12(13)21-10-15-18-16(19-22-15)14-4-3-7-23-14/h3-8H,2,10H2,1H3. The molecule has 0 saturated heterocycles. The van der Waals surface area contributed by atoms with Crippen LogP contribution in [0.15, 0.2) is 40.2 Å². The molecule has 6 nitrogen and oxygen atoms in total. The van der Waals surface area contributed by atoms with Crippen LogP contribution in [0.1, 0.15) is 18.4 Å². The number of hydrogen-bond donors (Lipinski definition) is 0. The van der Waals surface area contributed by atoms with Gasteiger partial charge in [0.25, 0.3) is 5.89 Å². The van der Waals surface area contributed by atoms with Crippen molar-refractivity contribution in [2.75, 3.05) is 6.61 Å². The zero-order chi connectivity index (χ0) is 16.1. The fraction of sp³-hybridized carbons (Fsp3) is 0.188. The summed E-state index contributed by atoms with van der Waals surface area (Å²) in [5.41, 5.74) is 0.513. The van der Waals surface area contributed by atoms with Crippen molar-refractivity contribution in [2.45, 2.75) is 13.5 Å². The molecule has 3 aromatic rings. The van der Waals surface area contributed by atoms with Gasteiger partial charge in [0.05, 0.1) is 23.1 Å². The van der Waals surface area contributed by atoms with Crippen LogP contribution in [0.3, 0.4) is 0 Å². The van der Waals surface area contributed by atoms with Gasteiger partial charge in [-0.25, -0.2) is 0 Å². The molecule has 1 aromatic carbocycles. The third kappa shape index (κ3) is 3.49. The predicted octanol–water partition coefficient (Wildman–Crippen LogP) is 3.65. The fourth-order valence-corrected chi connectivity index (χ4v) is 2.57. The smallest absolute Gasteiger partial charge is 0.264 e. The molecule has 2 heterocycles. The van der Waals surface area contributed by atoms with Gasteiger partial charge in [-0.15, -0.1) is 11.3 Å². The Balaban J connectivity index is 1.72. The summed E-state index contributed by atoms with van der Waals surface area (Å²) in [5.74, 6) is 1.97. The normalized spacial score (nSPS) is 10.3. The predicted molar refractivity (Wildman–Crippen MR) is 84.3 cm³/mol. The van der Waals surface area contributed by atoms with Crippen LogP contribution in [-0.2, 0) is 6.61 Å². The molecule has 0 unspecified atom stereocenters. The van der Waals surface area contributed by atoms with E-state index in [-0.39, 0.29) is 6.61 Å². The SMILES string of the molecule is CCOc1cc(C#N)ccc1OCc1nc(-c2cccs2)no1. The molecular weight excluding hydrogens is 314 g/mol. The molecule has 0 atom stereocenters. The highest BCUT2D eigenvalue weighted by molar-refractivity contribution is 7.13. The van der Waals surface area contributed by atoms with E-state index >= 15 is 0 Å². The minimum atomic E-state index is 0.129. The van der Waals surface area contributed by atoms with E-state index in [9.17, 15) is 0 Å². The average molecular weight is 327 g/mol. The average Bonchev–Trinajstić information content (AvgIpc) is 3.25. The molecule has 0 bridgehead atoms. The Morgan fingerprint density at radius 3 is 2.91 bits per heavy atom. The summed E-state index contributed by atoms with van der Waals surface area (Å²) >= 11 is 1.54. The maximum absolute atomic E-state index is 8.94. The van der Waals surface area contributed by atoms with Gasteiger partial charge >= 0.3 is 0 Å². The molecule has 7 heteroatoms. The van der Waals surface area contributed by atoms with Crippen molar-refractivity contribution in [2.24, 2.45) is 0 Å². The summed E-state index contributed by atoms with van der Waals surface area (Å²) in [6, 6.07) is 10.9. The number of nitrogens with zero attached hydrogens (tertiary/aromatic N) is 3. The summed E-state index contributed by atoms with van der Waals surface area (Å²) in [5, 5.41) is 14.8. The van der Waals surface area contributed by atoms with Gasteiger partial charge in [-0.2, -0.15) is 10.2 Å². The van der Waals surface area contributed by atoms with Crippen LogP contribution < -0.4 is 9.47 Å². The maximum Gasteiger partial charge on any atom is 0.264 e. The maximum atomic E-state index is 8.94. The third-order valence-corrected chi connectivity index (χ3v) is 3.80. The van der Waals surface area contributed by atoms with Gasteiger partial charge in [0.15, 0.2) is 18.1 Å². The molecule has 116 valence electrons. The Morgan fingerprint density at radius 1 is 1.26 bits per heavy atom. The van der Waals surface area contributed by atoms with Crippen LogP contribution in [0.25, 0.3) is 10.7 Å². The second-order valence-electron chi connectivity index (χ2n) is 4.48.